The van der Waals surface area contributed by atoms with E-state index in [1.165, 1.54) is 114 Å². The first-order valence-corrected chi connectivity index (χ1v) is 23.6. The standard InChI is InChI=1S/C28H37F3.C26H33F3/c1-2-3-4-7-22-10-12-23(13-11-22)8-5-6-9-24-14-16-25(17-15-24)26-18-20-27(21-19-26)28(29,30)31;1-2-5-20-8-10-21(11-9-20)6-3-4-7-22-12-14-23(15-13-22)24-16-18-25(19-17-24)26(27,28)29/h5,8,18-25H,2-4,7,10-17H2,1H3;3,6,16-23H,2,5,8-15H2,1H3. The van der Waals surface area contributed by atoms with Crippen molar-refractivity contribution in [2.24, 2.45) is 35.5 Å². The first kappa shape index (κ1) is 47.7. The van der Waals surface area contributed by atoms with Gasteiger partial charge >= 0.3 is 12.4 Å². The van der Waals surface area contributed by atoms with E-state index >= 15 is 0 Å². The number of rotatable bonds is 10. The number of unbranched alkanes of at least 4 members (excludes halogenated alkanes) is 2. The maximum atomic E-state index is 12.7. The number of hydrogen-bond acceptors (Lipinski definition) is 0. The van der Waals surface area contributed by atoms with Crippen LogP contribution >= 0.6 is 0 Å². The summed E-state index contributed by atoms with van der Waals surface area (Å²) in [6, 6.07) is 11.5. The van der Waals surface area contributed by atoms with Crippen molar-refractivity contribution in [2.45, 2.75) is 179 Å². The zero-order chi connectivity index (χ0) is 42.8. The summed E-state index contributed by atoms with van der Waals surface area (Å²) in [6.07, 6.45) is 27.3. The number of benzene rings is 2. The van der Waals surface area contributed by atoms with Crippen LogP contribution in [0.3, 0.4) is 0 Å². The van der Waals surface area contributed by atoms with Gasteiger partial charge in [-0.05, 0) is 186 Å². The SMILES string of the molecule is CCCC1CCC(C=CC#CC2CCC(c3ccc(C(F)(F)F)cc3)CC2)CC1.CCCCCC1CCC(C=CC#CC2CCC(c3ccc(C(F)(F)F)cc3)CC2)CC1. The zero-order valence-electron chi connectivity index (χ0n) is 36.4. The molecule has 0 N–H and O–H groups in total. The van der Waals surface area contributed by atoms with Gasteiger partial charge in [-0.2, -0.15) is 26.3 Å². The molecule has 0 bridgehead atoms. The molecule has 6 rings (SSSR count). The van der Waals surface area contributed by atoms with Crippen molar-refractivity contribution in [3.05, 3.63) is 95.1 Å². The average Bonchev–Trinajstić information content (AvgIpc) is 3.25. The van der Waals surface area contributed by atoms with Crippen LogP contribution in [0.4, 0.5) is 26.3 Å². The fraction of sp³-hybridized carbons (Fsp3) is 0.630. The van der Waals surface area contributed by atoms with Gasteiger partial charge < -0.3 is 0 Å². The molecule has 0 radical (unpaired) electrons. The van der Waals surface area contributed by atoms with Gasteiger partial charge in [-0.15, -0.1) is 0 Å². The molecular weight excluding hydrogens is 763 g/mol. The van der Waals surface area contributed by atoms with Crippen molar-refractivity contribution in [1.82, 2.24) is 0 Å². The Morgan fingerprint density at radius 2 is 0.850 bits per heavy atom. The lowest BCUT2D eigenvalue weighted by Crippen LogP contribution is -2.13. The molecule has 2 aromatic carbocycles. The molecule has 6 heteroatoms. The zero-order valence-corrected chi connectivity index (χ0v) is 36.4. The molecule has 4 saturated carbocycles. The Morgan fingerprint density at radius 1 is 0.467 bits per heavy atom. The number of alkyl halides is 6. The molecule has 328 valence electrons. The van der Waals surface area contributed by atoms with E-state index in [1.807, 2.05) is 0 Å². The third-order valence-corrected chi connectivity index (χ3v) is 14.0. The van der Waals surface area contributed by atoms with Crippen molar-refractivity contribution in [2.75, 3.05) is 0 Å². The van der Waals surface area contributed by atoms with Crippen LogP contribution in [0.5, 0.6) is 0 Å². The van der Waals surface area contributed by atoms with Gasteiger partial charge in [-0.3, -0.25) is 0 Å². The van der Waals surface area contributed by atoms with E-state index in [1.54, 1.807) is 24.3 Å². The Kier molecular flexibility index (Phi) is 19.3. The van der Waals surface area contributed by atoms with Gasteiger partial charge in [-0.1, -0.05) is 112 Å². The van der Waals surface area contributed by atoms with Crippen molar-refractivity contribution in [3.63, 3.8) is 0 Å². The highest BCUT2D eigenvalue weighted by Gasteiger charge is 2.32. The first-order chi connectivity index (χ1) is 28.9. The van der Waals surface area contributed by atoms with Crippen LogP contribution in [0.15, 0.2) is 72.8 Å². The molecule has 0 saturated heterocycles. The van der Waals surface area contributed by atoms with Crippen molar-refractivity contribution < 1.29 is 26.3 Å². The second-order valence-corrected chi connectivity index (χ2v) is 18.5. The van der Waals surface area contributed by atoms with Gasteiger partial charge in [-0.25, -0.2) is 0 Å². The average molecular weight is 833 g/mol. The molecule has 0 spiro atoms. The third kappa shape index (κ3) is 16.1. The predicted octanol–water partition coefficient (Wildman–Crippen LogP) is 17.1. The maximum Gasteiger partial charge on any atom is 0.416 e. The van der Waals surface area contributed by atoms with E-state index in [4.69, 9.17) is 0 Å². The Bertz CT molecular complexity index is 1690. The fourth-order valence-corrected chi connectivity index (χ4v) is 10.2. The van der Waals surface area contributed by atoms with Crippen molar-refractivity contribution >= 4 is 0 Å². The van der Waals surface area contributed by atoms with E-state index in [2.05, 4.69) is 61.8 Å². The van der Waals surface area contributed by atoms with Gasteiger partial charge in [0.25, 0.3) is 0 Å². The Labute approximate surface area is 358 Å². The van der Waals surface area contributed by atoms with E-state index in [0.717, 1.165) is 74.3 Å². The molecule has 0 unspecified atom stereocenters. The normalized spacial score (nSPS) is 27.6. The van der Waals surface area contributed by atoms with Crippen LogP contribution in [0.25, 0.3) is 0 Å². The predicted molar refractivity (Wildman–Crippen MR) is 236 cm³/mol. The molecule has 0 amide bonds. The monoisotopic (exact) mass is 833 g/mol. The number of halogens is 6. The molecule has 0 aliphatic heterocycles. The Hall–Kier alpha value is -3.38. The van der Waals surface area contributed by atoms with E-state index in [9.17, 15) is 26.3 Å². The maximum absolute atomic E-state index is 12.7. The van der Waals surface area contributed by atoms with Crippen LogP contribution in [-0.2, 0) is 12.4 Å². The number of hydrogen-bond donors (Lipinski definition) is 0. The third-order valence-electron chi connectivity index (χ3n) is 14.0. The minimum atomic E-state index is -4.26. The molecule has 0 nitrogen and oxygen atoms in total. The van der Waals surface area contributed by atoms with Crippen LogP contribution < -0.4 is 0 Å². The summed E-state index contributed by atoms with van der Waals surface area (Å²) >= 11 is 0. The van der Waals surface area contributed by atoms with Crippen molar-refractivity contribution in [1.29, 1.82) is 0 Å². The lowest BCUT2D eigenvalue weighted by molar-refractivity contribution is -0.138. The van der Waals surface area contributed by atoms with Gasteiger partial charge in [0.15, 0.2) is 0 Å². The summed E-state index contributed by atoms with van der Waals surface area (Å²) < 4.78 is 76.3. The minimum Gasteiger partial charge on any atom is -0.166 e. The molecule has 4 aliphatic rings. The van der Waals surface area contributed by atoms with Gasteiger partial charge in [0.05, 0.1) is 11.1 Å². The summed E-state index contributed by atoms with van der Waals surface area (Å²) in [7, 11) is 0. The fourth-order valence-electron chi connectivity index (χ4n) is 10.2. The lowest BCUT2D eigenvalue weighted by atomic mass is 9.78. The Balaban J connectivity index is 0.000000228. The van der Waals surface area contributed by atoms with Gasteiger partial charge in [0.2, 0.25) is 0 Å². The van der Waals surface area contributed by atoms with E-state index in [-0.39, 0.29) is 0 Å². The van der Waals surface area contributed by atoms with Crippen molar-refractivity contribution in [3.8, 4) is 23.7 Å². The summed E-state index contributed by atoms with van der Waals surface area (Å²) in [4.78, 5) is 0. The highest BCUT2D eigenvalue weighted by Crippen LogP contribution is 2.39. The molecular formula is C54H70F6. The van der Waals surface area contributed by atoms with E-state index in [0.29, 0.717) is 35.5 Å². The minimum absolute atomic E-state index is 0.364. The van der Waals surface area contributed by atoms with Gasteiger partial charge in [0, 0.05) is 11.8 Å². The van der Waals surface area contributed by atoms with Crippen LogP contribution in [0.1, 0.15) is 189 Å². The topological polar surface area (TPSA) is 0 Å². The highest BCUT2D eigenvalue weighted by molar-refractivity contribution is 5.29. The molecule has 60 heavy (non-hydrogen) atoms. The second kappa shape index (κ2) is 24.3. The van der Waals surface area contributed by atoms with E-state index < -0.39 is 23.5 Å². The quantitative estimate of drug-likeness (QED) is 0.127. The van der Waals surface area contributed by atoms with Crippen LogP contribution in [0.2, 0.25) is 0 Å². The summed E-state index contributed by atoms with van der Waals surface area (Å²) in [5.41, 5.74) is 0.937. The molecule has 4 fully saturated rings. The lowest BCUT2D eigenvalue weighted by Gasteiger charge is -2.26. The first-order valence-electron chi connectivity index (χ1n) is 23.6. The molecule has 2 aromatic rings. The van der Waals surface area contributed by atoms with Crippen LogP contribution in [-0.4, -0.2) is 0 Å². The summed E-state index contributed by atoms with van der Waals surface area (Å²) in [6.45, 7) is 4.55. The van der Waals surface area contributed by atoms with Crippen LogP contribution in [0, 0.1) is 59.2 Å². The summed E-state index contributed by atoms with van der Waals surface area (Å²) in [5, 5.41) is 0. The number of allylic oxidation sites excluding steroid dienone is 4. The molecule has 4 aliphatic carbocycles. The second-order valence-electron chi connectivity index (χ2n) is 18.5. The molecule has 0 heterocycles. The summed E-state index contributed by atoms with van der Waals surface area (Å²) in [5.74, 6) is 18.2. The molecule has 0 atom stereocenters. The molecule has 0 aromatic heterocycles. The highest BCUT2D eigenvalue weighted by atomic mass is 19.4. The largest absolute Gasteiger partial charge is 0.416 e. The Morgan fingerprint density at radius 3 is 1.20 bits per heavy atom. The smallest absolute Gasteiger partial charge is 0.166 e. The van der Waals surface area contributed by atoms with Gasteiger partial charge in [0.1, 0.15) is 0 Å².